The predicted molar refractivity (Wildman–Crippen MR) is 113 cm³/mol. The Balaban J connectivity index is 1.84. The molecule has 4 N–H and O–H groups in total. The first-order valence-corrected chi connectivity index (χ1v) is 8.89. The molecule has 2 rings (SSSR count). The number of rotatable bonds is 9. The van der Waals surface area contributed by atoms with E-state index in [9.17, 15) is 0 Å². The molecular formula is C23H29N3. The molecule has 0 radical (unpaired) electrons. The zero-order valence-electron chi connectivity index (χ0n) is 15.8. The highest BCUT2D eigenvalue weighted by molar-refractivity contribution is 5.67. The molecule has 0 aliphatic carbocycles. The van der Waals surface area contributed by atoms with Crippen molar-refractivity contribution in [1.82, 2.24) is 10.6 Å². The van der Waals surface area contributed by atoms with E-state index in [0.29, 0.717) is 0 Å². The molecule has 0 aromatic heterocycles. The van der Waals surface area contributed by atoms with Crippen LogP contribution in [0, 0.1) is 13.8 Å². The summed E-state index contributed by atoms with van der Waals surface area (Å²) in [5, 5.41) is 6.52. The van der Waals surface area contributed by atoms with Crippen LogP contribution >= 0.6 is 0 Å². The van der Waals surface area contributed by atoms with Crippen molar-refractivity contribution in [2.75, 3.05) is 6.54 Å². The van der Waals surface area contributed by atoms with Crippen molar-refractivity contribution in [1.29, 1.82) is 0 Å². The minimum Gasteiger partial charge on any atom is -0.403 e. The molecule has 0 aliphatic heterocycles. The van der Waals surface area contributed by atoms with Crippen molar-refractivity contribution in [2.45, 2.75) is 26.8 Å². The van der Waals surface area contributed by atoms with Crippen molar-refractivity contribution in [2.24, 2.45) is 5.73 Å². The SMILES string of the molecule is C=C(NCCC(=C)c1cc(C)ccc1C)c1ccc(CN/C=C\N)cc1. The summed E-state index contributed by atoms with van der Waals surface area (Å²) < 4.78 is 0. The van der Waals surface area contributed by atoms with E-state index in [4.69, 9.17) is 5.73 Å². The van der Waals surface area contributed by atoms with Crippen LogP contribution in [0.4, 0.5) is 0 Å². The molecule has 26 heavy (non-hydrogen) atoms. The topological polar surface area (TPSA) is 50.1 Å². The van der Waals surface area contributed by atoms with E-state index in [1.165, 1.54) is 28.5 Å². The van der Waals surface area contributed by atoms with Crippen LogP contribution in [0.15, 0.2) is 68.0 Å². The quantitative estimate of drug-likeness (QED) is 0.626. The molecule has 0 saturated heterocycles. The van der Waals surface area contributed by atoms with E-state index in [1.807, 2.05) is 0 Å². The first-order valence-electron chi connectivity index (χ1n) is 8.89. The zero-order valence-corrected chi connectivity index (χ0v) is 15.8. The second-order valence-electron chi connectivity index (χ2n) is 6.51. The van der Waals surface area contributed by atoms with Crippen LogP contribution in [0.25, 0.3) is 11.3 Å². The van der Waals surface area contributed by atoms with Crippen LogP contribution in [0.1, 0.15) is 34.2 Å². The molecule has 0 atom stereocenters. The van der Waals surface area contributed by atoms with Gasteiger partial charge in [0.25, 0.3) is 0 Å². The largest absolute Gasteiger partial charge is 0.403 e. The van der Waals surface area contributed by atoms with Crippen LogP contribution in [0.2, 0.25) is 0 Å². The summed E-state index contributed by atoms with van der Waals surface area (Å²) in [6.07, 6.45) is 4.11. The van der Waals surface area contributed by atoms with E-state index in [-0.39, 0.29) is 0 Å². The Bertz CT molecular complexity index is 786. The van der Waals surface area contributed by atoms with Gasteiger partial charge in [0.05, 0.1) is 0 Å². The third-order valence-corrected chi connectivity index (χ3v) is 4.36. The van der Waals surface area contributed by atoms with Crippen LogP contribution in [0.3, 0.4) is 0 Å². The molecular weight excluding hydrogens is 318 g/mol. The third kappa shape index (κ3) is 5.55. The van der Waals surface area contributed by atoms with Crippen molar-refractivity contribution >= 4 is 11.3 Å². The highest BCUT2D eigenvalue weighted by Gasteiger charge is 2.04. The summed E-state index contributed by atoms with van der Waals surface area (Å²) in [5.41, 5.74) is 13.5. The smallest absolute Gasteiger partial charge is 0.0395 e. The first-order chi connectivity index (χ1) is 12.5. The lowest BCUT2D eigenvalue weighted by molar-refractivity contribution is 0.865. The summed E-state index contributed by atoms with van der Waals surface area (Å²) in [6, 6.07) is 14.8. The van der Waals surface area contributed by atoms with E-state index in [1.54, 1.807) is 6.20 Å². The monoisotopic (exact) mass is 347 g/mol. The molecule has 0 fully saturated rings. The summed E-state index contributed by atoms with van der Waals surface area (Å²) in [7, 11) is 0. The van der Waals surface area contributed by atoms with Crippen molar-refractivity contribution in [3.05, 3.63) is 95.8 Å². The van der Waals surface area contributed by atoms with Crippen LogP contribution in [-0.2, 0) is 6.54 Å². The molecule has 0 saturated carbocycles. The maximum Gasteiger partial charge on any atom is 0.0395 e. The van der Waals surface area contributed by atoms with Crippen molar-refractivity contribution in [3.8, 4) is 0 Å². The number of benzene rings is 2. The molecule has 2 aromatic carbocycles. The van der Waals surface area contributed by atoms with Gasteiger partial charge in [0.1, 0.15) is 0 Å². The van der Waals surface area contributed by atoms with Crippen LogP contribution < -0.4 is 16.4 Å². The summed E-state index contributed by atoms with van der Waals surface area (Å²) in [5.74, 6) is 0. The molecule has 0 unspecified atom stereocenters. The maximum absolute atomic E-state index is 5.31. The number of nitrogens with two attached hydrogens (primary N) is 1. The van der Waals surface area contributed by atoms with Crippen molar-refractivity contribution in [3.63, 3.8) is 0 Å². The summed E-state index contributed by atoms with van der Waals surface area (Å²) in [4.78, 5) is 0. The van der Waals surface area contributed by atoms with Gasteiger partial charge in [-0.2, -0.15) is 0 Å². The number of hydrogen-bond acceptors (Lipinski definition) is 3. The van der Waals surface area contributed by atoms with Gasteiger partial charge in [-0.15, -0.1) is 0 Å². The summed E-state index contributed by atoms with van der Waals surface area (Å²) in [6.45, 7) is 14.2. The van der Waals surface area contributed by atoms with Gasteiger partial charge in [0.15, 0.2) is 0 Å². The van der Waals surface area contributed by atoms with E-state index in [2.05, 4.69) is 80.1 Å². The third-order valence-electron chi connectivity index (χ3n) is 4.36. The molecule has 2 aromatic rings. The van der Waals surface area contributed by atoms with E-state index >= 15 is 0 Å². The van der Waals surface area contributed by atoms with Gasteiger partial charge < -0.3 is 16.4 Å². The highest BCUT2D eigenvalue weighted by atomic mass is 14.9. The molecule has 0 spiro atoms. The minimum atomic E-state index is 0.754. The fourth-order valence-corrected chi connectivity index (χ4v) is 2.79. The Morgan fingerprint density at radius 1 is 1.08 bits per heavy atom. The van der Waals surface area contributed by atoms with Crippen LogP contribution in [-0.4, -0.2) is 6.54 Å². The van der Waals surface area contributed by atoms with Gasteiger partial charge in [-0.25, -0.2) is 0 Å². The van der Waals surface area contributed by atoms with Gasteiger partial charge in [0.2, 0.25) is 0 Å². The Morgan fingerprint density at radius 3 is 2.50 bits per heavy atom. The van der Waals surface area contributed by atoms with Gasteiger partial charge >= 0.3 is 0 Å². The van der Waals surface area contributed by atoms with E-state index < -0.39 is 0 Å². The Morgan fingerprint density at radius 2 is 1.81 bits per heavy atom. The lowest BCUT2D eigenvalue weighted by Crippen LogP contribution is -2.13. The van der Waals surface area contributed by atoms with Gasteiger partial charge in [-0.05, 0) is 48.1 Å². The molecule has 0 aliphatic rings. The average molecular weight is 348 g/mol. The number of nitrogens with one attached hydrogen (secondary N) is 2. The standard InChI is InChI=1S/C23H29N3/c1-17-5-6-18(2)23(15-17)19(3)11-13-26-20(4)22-9-7-21(8-10-22)16-25-14-12-24/h5-10,12,14-15,25-26H,3-4,11,13,16,24H2,1-2H3/b14-12-. The highest BCUT2D eigenvalue weighted by Crippen LogP contribution is 2.21. The lowest BCUT2D eigenvalue weighted by atomic mass is 9.97. The summed E-state index contributed by atoms with van der Waals surface area (Å²) >= 11 is 0. The molecule has 3 heteroatoms. The van der Waals surface area contributed by atoms with Gasteiger partial charge in [-0.1, -0.05) is 61.2 Å². The van der Waals surface area contributed by atoms with Gasteiger partial charge in [0, 0.05) is 31.2 Å². The van der Waals surface area contributed by atoms with Crippen LogP contribution in [0.5, 0.6) is 0 Å². The Labute approximate surface area is 157 Å². The lowest BCUT2D eigenvalue weighted by Gasteiger charge is -2.13. The Kier molecular flexibility index (Phi) is 7.10. The fourth-order valence-electron chi connectivity index (χ4n) is 2.79. The average Bonchev–Trinajstić information content (AvgIpc) is 2.64. The number of hydrogen-bond donors (Lipinski definition) is 3. The normalized spacial score (nSPS) is 10.7. The molecule has 0 bridgehead atoms. The van der Waals surface area contributed by atoms with Gasteiger partial charge in [-0.3, -0.25) is 0 Å². The maximum atomic E-state index is 5.31. The molecule has 136 valence electrons. The zero-order chi connectivity index (χ0) is 18.9. The minimum absolute atomic E-state index is 0.754. The Hall–Kier alpha value is -2.94. The number of aryl methyl sites for hydroxylation is 2. The first kappa shape index (κ1) is 19.4. The molecule has 0 amide bonds. The van der Waals surface area contributed by atoms with Crippen molar-refractivity contribution < 1.29 is 0 Å². The predicted octanol–water partition coefficient (Wildman–Crippen LogP) is 4.49. The fraction of sp³-hybridized carbons (Fsp3) is 0.217. The molecule has 0 heterocycles. The second kappa shape index (κ2) is 9.52. The van der Waals surface area contributed by atoms with E-state index in [0.717, 1.165) is 36.3 Å². The second-order valence-corrected chi connectivity index (χ2v) is 6.51. The molecule has 3 nitrogen and oxygen atoms in total.